The lowest BCUT2D eigenvalue weighted by molar-refractivity contribution is 0.598. The van der Waals surface area contributed by atoms with Gasteiger partial charge in [0, 0.05) is 5.69 Å². The smallest absolute Gasteiger partial charge is 0.358 e. The normalized spacial score (nSPS) is 11.2. The molecule has 3 aromatic rings. The molecule has 0 spiro atoms. The highest BCUT2D eigenvalue weighted by Crippen LogP contribution is 2.16. The molecular formula is C15H14N6O3S. The second kappa shape index (κ2) is 6.34. The number of para-hydroxylation sites is 1. The van der Waals surface area contributed by atoms with Crippen LogP contribution in [0.15, 0.2) is 64.3 Å². The van der Waals surface area contributed by atoms with Crippen LogP contribution in [0.3, 0.4) is 0 Å². The molecule has 25 heavy (non-hydrogen) atoms. The van der Waals surface area contributed by atoms with E-state index in [9.17, 15) is 13.2 Å². The van der Waals surface area contributed by atoms with Gasteiger partial charge in [-0.2, -0.15) is 9.97 Å². The number of sulfonamides is 1. The van der Waals surface area contributed by atoms with Crippen LogP contribution in [0.2, 0.25) is 0 Å². The summed E-state index contributed by atoms with van der Waals surface area (Å²) in [5.41, 5.74) is 6.30. The minimum absolute atomic E-state index is 0.00182. The fraction of sp³-hybridized carbons (Fsp3) is 0. The van der Waals surface area contributed by atoms with Crippen molar-refractivity contribution >= 4 is 27.6 Å². The quantitative estimate of drug-likeness (QED) is 0.619. The van der Waals surface area contributed by atoms with Gasteiger partial charge < -0.3 is 11.1 Å². The number of anilines is 3. The van der Waals surface area contributed by atoms with Gasteiger partial charge in [0.1, 0.15) is 0 Å². The van der Waals surface area contributed by atoms with Gasteiger partial charge >= 0.3 is 5.69 Å². The van der Waals surface area contributed by atoms with Crippen LogP contribution in [0.25, 0.3) is 5.69 Å². The van der Waals surface area contributed by atoms with Gasteiger partial charge in [0.05, 0.1) is 10.6 Å². The highest BCUT2D eigenvalue weighted by molar-refractivity contribution is 7.89. The Balaban J connectivity index is 1.91. The van der Waals surface area contributed by atoms with Gasteiger partial charge in [0.15, 0.2) is 0 Å². The van der Waals surface area contributed by atoms with Crippen LogP contribution in [-0.2, 0) is 10.0 Å². The second-order valence-electron chi connectivity index (χ2n) is 5.05. The third-order valence-corrected chi connectivity index (χ3v) is 4.22. The minimum atomic E-state index is -3.77. The molecule has 5 N–H and O–H groups in total. The van der Waals surface area contributed by atoms with E-state index in [1.807, 2.05) is 6.07 Å². The molecule has 1 aromatic heterocycles. The van der Waals surface area contributed by atoms with E-state index in [-0.39, 0.29) is 16.8 Å². The average molecular weight is 358 g/mol. The number of nitrogen functional groups attached to an aromatic ring is 1. The molecule has 0 unspecified atom stereocenters. The van der Waals surface area contributed by atoms with Gasteiger partial charge in [-0.1, -0.05) is 18.2 Å². The number of nitrogens with two attached hydrogens (primary N) is 2. The topological polar surface area (TPSA) is 146 Å². The Labute approximate surface area is 143 Å². The summed E-state index contributed by atoms with van der Waals surface area (Å²) in [5.74, 6) is -0.0344. The second-order valence-corrected chi connectivity index (χ2v) is 6.61. The molecule has 0 atom stereocenters. The van der Waals surface area contributed by atoms with E-state index >= 15 is 0 Å². The summed E-state index contributed by atoms with van der Waals surface area (Å²) in [7, 11) is -3.77. The zero-order valence-electron chi connectivity index (χ0n) is 12.8. The van der Waals surface area contributed by atoms with E-state index in [1.54, 1.807) is 24.3 Å². The van der Waals surface area contributed by atoms with Crippen molar-refractivity contribution < 1.29 is 8.42 Å². The van der Waals surface area contributed by atoms with Crippen molar-refractivity contribution in [3.8, 4) is 5.69 Å². The van der Waals surface area contributed by atoms with Crippen LogP contribution in [-0.4, -0.2) is 23.0 Å². The van der Waals surface area contributed by atoms with E-state index in [1.165, 1.54) is 28.8 Å². The molecular weight excluding hydrogens is 344 g/mol. The predicted molar refractivity (Wildman–Crippen MR) is 93.1 cm³/mol. The lowest BCUT2D eigenvalue weighted by Crippen LogP contribution is -2.26. The van der Waals surface area contributed by atoms with Crippen molar-refractivity contribution in [3.63, 3.8) is 0 Å². The maximum Gasteiger partial charge on any atom is 0.358 e. The molecule has 3 rings (SSSR count). The minimum Gasteiger partial charge on any atom is -0.369 e. The van der Waals surface area contributed by atoms with E-state index in [4.69, 9.17) is 10.9 Å². The summed E-state index contributed by atoms with van der Waals surface area (Å²) in [5, 5.41) is 7.83. The van der Waals surface area contributed by atoms with E-state index in [2.05, 4.69) is 15.3 Å². The molecule has 10 heteroatoms. The number of benzene rings is 2. The van der Waals surface area contributed by atoms with E-state index < -0.39 is 15.7 Å². The molecule has 0 fully saturated rings. The van der Waals surface area contributed by atoms with Crippen LogP contribution in [0.4, 0.5) is 17.6 Å². The first kappa shape index (κ1) is 16.6. The van der Waals surface area contributed by atoms with Crippen molar-refractivity contribution in [3.05, 3.63) is 65.1 Å². The first-order valence-corrected chi connectivity index (χ1v) is 8.61. The lowest BCUT2D eigenvalue weighted by Gasteiger charge is -2.10. The summed E-state index contributed by atoms with van der Waals surface area (Å²) >= 11 is 0. The lowest BCUT2D eigenvalue weighted by atomic mass is 10.3. The number of nitrogens with zero attached hydrogens (tertiary/aromatic N) is 3. The van der Waals surface area contributed by atoms with Crippen LogP contribution in [0.1, 0.15) is 0 Å². The van der Waals surface area contributed by atoms with E-state index in [0.717, 1.165) is 0 Å². The number of primary sulfonamides is 1. The van der Waals surface area contributed by atoms with Crippen molar-refractivity contribution in [2.45, 2.75) is 4.90 Å². The Morgan fingerprint density at radius 2 is 1.60 bits per heavy atom. The molecule has 0 aliphatic rings. The predicted octanol–water partition coefficient (Wildman–Crippen LogP) is 0.601. The van der Waals surface area contributed by atoms with Crippen LogP contribution in [0, 0.1) is 0 Å². The fourth-order valence-corrected chi connectivity index (χ4v) is 2.67. The summed E-state index contributed by atoms with van der Waals surface area (Å²) in [6.45, 7) is 0. The average Bonchev–Trinajstić information content (AvgIpc) is 2.55. The molecule has 0 radical (unpaired) electrons. The third-order valence-electron chi connectivity index (χ3n) is 3.30. The molecule has 128 valence electrons. The molecule has 0 bridgehead atoms. The van der Waals surface area contributed by atoms with Gasteiger partial charge in [-0.3, -0.25) is 0 Å². The van der Waals surface area contributed by atoms with E-state index in [0.29, 0.717) is 11.4 Å². The summed E-state index contributed by atoms with van der Waals surface area (Å²) in [6.07, 6.45) is 0. The first-order valence-electron chi connectivity index (χ1n) is 7.06. The fourth-order valence-electron chi connectivity index (χ4n) is 2.15. The van der Waals surface area contributed by atoms with Crippen molar-refractivity contribution in [2.24, 2.45) is 5.14 Å². The summed E-state index contributed by atoms with van der Waals surface area (Å²) < 4.78 is 23.6. The number of hydrogen-bond donors (Lipinski definition) is 3. The molecule has 0 aliphatic carbocycles. The first-order chi connectivity index (χ1) is 11.8. The monoisotopic (exact) mass is 358 g/mol. The highest BCUT2D eigenvalue weighted by atomic mass is 32.2. The highest BCUT2D eigenvalue weighted by Gasteiger charge is 2.11. The SMILES string of the molecule is Nc1nc(Nc2ccc(S(N)(=O)=O)cc2)nc(=O)n1-c1ccccc1. The molecule has 0 aliphatic heterocycles. The molecule has 2 aromatic carbocycles. The number of aromatic nitrogens is 3. The van der Waals surface area contributed by atoms with Gasteiger partial charge in [0.2, 0.25) is 21.9 Å². The Morgan fingerprint density at radius 3 is 2.16 bits per heavy atom. The zero-order valence-corrected chi connectivity index (χ0v) is 13.6. The Kier molecular flexibility index (Phi) is 4.21. The Hall–Kier alpha value is -3.24. The Bertz CT molecular complexity index is 1060. The van der Waals surface area contributed by atoms with Crippen LogP contribution < -0.4 is 21.9 Å². The van der Waals surface area contributed by atoms with Crippen LogP contribution in [0.5, 0.6) is 0 Å². The van der Waals surface area contributed by atoms with Crippen molar-refractivity contribution in [1.82, 2.24) is 14.5 Å². The van der Waals surface area contributed by atoms with Gasteiger partial charge in [-0.05, 0) is 36.4 Å². The van der Waals surface area contributed by atoms with Gasteiger partial charge in [0.25, 0.3) is 0 Å². The molecule has 1 heterocycles. The molecule has 0 saturated heterocycles. The maximum absolute atomic E-state index is 12.2. The van der Waals surface area contributed by atoms with Crippen molar-refractivity contribution in [1.29, 1.82) is 0 Å². The largest absolute Gasteiger partial charge is 0.369 e. The Morgan fingerprint density at radius 1 is 0.960 bits per heavy atom. The molecule has 0 amide bonds. The molecule has 0 saturated carbocycles. The molecule has 9 nitrogen and oxygen atoms in total. The van der Waals surface area contributed by atoms with Gasteiger partial charge in [-0.15, -0.1) is 0 Å². The van der Waals surface area contributed by atoms with Gasteiger partial charge in [-0.25, -0.2) is 22.9 Å². The summed E-state index contributed by atoms with van der Waals surface area (Å²) in [4.78, 5) is 20.1. The van der Waals surface area contributed by atoms with Crippen molar-refractivity contribution in [2.75, 3.05) is 11.1 Å². The standard InChI is InChI=1S/C15H14N6O3S/c16-13-19-14(18-10-6-8-12(9-7-10)25(17,23)24)20-15(22)21(13)11-4-2-1-3-5-11/h1-9H,(H2,17,23,24)(H3,16,18,19,20,22). The maximum atomic E-state index is 12.2. The zero-order chi connectivity index (χ0) is 18.0. The third kappa shape index (κ3) is 3.65. The summed E-state index contributed by atoms with van der Waals surface area (Å²) in [6, 6.07) is 14.4. The number of nitrogens with one attached hydrogen (secondary N) is 1. The number of rotatable bonds is 4. The van der Waals surface area contributed by atoms with Crippen LogP contribution >= 0.6 is 0 Å². The number of hydrogen-bond acceptors (Lipinski definition) is 7.